The van der Waals surface area contributed by atoms with Crippen LogP contribution in [0.5, 0.6) is 0 Å². The predicted octanol–water partition coefficient (Wildman–Crippen LogP) is 1.88. The zero-order valence-electron chi connectivity index (χ0n) is 12.9. The number of carbonyl (C=O) groups is 1. The topological polar surface area (TPSA) is 43.8 Å². The summed E-state index contributed by atoms with van der Waals surface area (Å²) in [4.78, 5) is 15.2. The van der Waals surface area contributed by atoms with Gasteiger partial charge in [-0.25, -0.2) is 0 Å². The average Bonchev–Trinajstić information content (AvgIpc) is 2.25. The molecule has 120 valence electrons. The molecule has 2 unspecified atom stereocenters. The molecule has 4 nitrogen and oxygen atoms in total. The third-order valence-electron chi connectivity index (χ3n) is 3.22. The highest BCUT2D eigenvalue weighted by Crippen LogP contribution is 2.21. The van der Waals surface area contributed by atoms with E-state index in [1.807, 2.05) is 27.7 Å². The van der Waals surface area contributed by atoms with Gasteiger partial charge in [0.25, 0.3) is 0 Å². The van der Waals surface area contributed by atoms with E-state index >= 15 is 0 Å². The van der Waals surface area contributed by atoms with Crippen LogP contribution in [-0.2, 0) is 4.79 Å². The summed E-state index contributed by atoms with van der Waals surface area (Å²) in [5.41, 5.74) is 0. The van der Waals surface area contributed by atoms with Gasteiger partial charge in [0.15, 0.2) is 6.10 Å². The van der Waals surface area contributed by atoms with E-state index in [0.717, 1.165) is 0 Å². The van der Waals surface area contributed by atoms with Gasteiger partial charge < -0.3 is 10.0 Å². The van der Waals surface area contributed by atoms with Crippen molar-refractivity contribution < 1.29 is 23.1 Å². The fourth-order valence-electron chi connectivity index (χ4n) is 2.04. The van der Waals surface area contributed by atoms with Crippen LogP contribution in [0.25, 0.3) is 0 Å². The Kier molecular flexibility index (Phi) is 6.97. The average molecular weight is 298 g/mol. The molecule has 0 saturated heterocycles. The van der Waals surface area contributed by atoms with E-state index < -0.39 is 24.9 Å². The van der Waals surface area contributed by atoms with E-state index in [4.69, 9.17) is 5.11 Å². The van der Waals surface area contributed by atoms with E-state index in [0.29, 0.717) is 0 Å². The van der Waals surface area contributed by atoms with Gasteiger partial charge in [-0.15, -0.1) is 0 Å². The monoisotopic (exact) mass is 298 g/mol. The van der Waals surface area contributed by atoms with Gasteiger partial charge in [0.1, 0.15) is 0 Å². The number of likely N-dealkylation sites (N-methyl/N-ethyl adjacent to an activating group) is 1. The van der Waals surface area contributed by atoms with Crippen LogP contribution in [0.2, 0.25) is 0 Å². The number of aliphatic hydroxyl groups excluding tert-OH is 1. The van der Waals surface area contributed by atoms with E-state index in [-0.39, 0.29) is 18.0 Å². The van der Waals surface area contributed by atoms with Gasteiger partial charge in [0, 0.05) is 18.6 Å². The molecule has 1 amide bonds. The first-order chi connectivity index (χ1) is 8.89. The number of amides is 1. The number of hydrogen-bond donors (Lipinski definition) is 1. The molecule has 0 aromatic heterocycles. The second-order valence-corrected chi connectivity index (χ2v) is 5.61. The molecule has 0 rings (SSSR count). The van der Waals surface area contributed by atoms with Gasteiger partial charge >= 0.3 is 6.18 Å². The maximum absolute atomic E-state index is 12.3. The van der Waals surface area contributed by atoms with Crippen LogP contribution in [0.4, 0.5) is 13.2 Å². The smallest absolute Gasteiger partial charge is 0.382 e. The summed E-state index contributed by atoms with van der Waals surface area (Å²) < 4.78 is 37.0. The molecule has 0 spiro atoms. The van der Waals surface area contributed by atoms with E-state index in [2.05, 4.69) is 0 Å². The largest absolute Gasteiger partial charge is 0.415 e. The summed E-state index contributed by atoms with van der Waals surface area (Å²) in [6.07, 6.45) is -7.12. The lowest BCUT2D eigenvalue weighted by Gasteiger charge is -2.36. The van der Waals surface area contributed by atoms with Crippen LogP contribution in [0.1, 0.15) is 34.6 Å². The SMILES string of the molecule is CC(C(=O)N(C(C)C)C(C)C)N(C)CC(O)C(F)(F)F. The predicted molar refractivity (Wildman–Crippen MR) is 71.3 cm³/mol. The van der Waals surface area contributed by atoms with Crippen molar-refractivity contribution in [1.82, 2.24) is 9.80 Å². The maximum atomic E-state index is 12.3. The molecule has 0 saturated carbocycles. The zero-order valence-corrected chi connectivity index (χ0v) is 12.9. The molecule has 0 bridgehead atoms. The summed E-state index contributed by atoms with van der Waals surface area (Å²) in [5.74, 6) is -0.244. The first kappa shape index (κ1) is 19.2. The highest BCUT2D eigenvalue weighted by Gasteiger charge is 2.40. The molecule has 0 radical (unpaired) electrons. The Hall–Kier alpha value is -0.820. The van der Waals surface area contributed by atoms with Crippen LogP contribution in [0, 0.1) is 0 Å². The van der Waals surface area contributed by atoms with Crippen LogP contribution >= 0.6 is 0 Å². The Morgan fingerprint density at radius 2 is 1.50 bits per heavy atom. The van der Waals surface area contributed by atoms with Gasteiger partial charge in [-0.3, -0.25) is 9.69 Å². The molecular formula is C13H25F3N2O2. The summed E-state index contributed by atoms with van der Waals surface area (Å²) in [5, 5.41) is 9.05. The van der Waals surface area contributed by atoms with E-state index in [1.54, 1.807) is 11.8 Å². The lowest BCUT2D eigenvalue weighted by Crippen LogP contribution is -2.53. The molecule has 20 heavy (non-hydrogen) atoms. The molecular weight excluding hydrogens is 273 g/mol. The van der Waals surface area contributed by atoms with Crippen LogP contribution < -0.4 is 0 Å². The molecule has 0 aliphatic heterocycles. The molecule has 7 heteroatoms. The van der Waals surface area contributed by atoms with E-state index in [1.165, 1.54) is 11.9 Å². The zero-order chi connectivity index (χ0) is 16.2. The van der Waals surface area contributed by atoms with E-state index in [9.17, 15) is 18.0 Å². The van der Waals surface area contributed by atoms with Crippen molar-refractivity contribution in [2.45, 2.75) is 65.0 Å². The quantitative estimate of drug-likeness (QED) is 0.814. The fourth-order valence-corrected chi connectivity index (χ4v) is 2.04. The van der Waals surface area contributed by atoms with Gasteiger partial charge in [0.2, 0.25) is 5.91 Å². The lowest BCUT2D eigenvalue weighted by atomic mass is 10.1. The number of nitrogens with zero attached hydrogens (tertiary/aromatic N) is 2. The molecule has 1 N–H and O–H groups in total. The fraction of sp³-hybridized carbons (Fsp3) is 0.923. The van der Waals surface area contributed by atoms with Gasteiger partial charge in [0.05, 0.1) is 6.04 Å². The Morgan fingerprint density at radius 1 is 1.10 bits per heavy atom. The molecule has 0 heterocycles. The summed E-state index contributed by atoms with van der Waals surface area (Å²) >= 11 is 0. The maximum Gasteiger partial charge on any atom is 0.415 e. The third-order valence-corrected chi connectivity index (χ3v) is 3.22. The molecule has 0 aliphatic rings. The van der Waals surface area contributed by atoms with Gasteiger partial charge in [-0.2, -0.15) is 13.2 Å². The van der Waals surface area contributed by atoms with Crippen LogP contribution in [0.3, 0.4) is 0 Å². The second-order valence-electron chi connectivity index (χ2n) is 5.61. The normalized spacial score (nSPS) is 15.8. The number of halogens is 3. The van der Waals surface area contributed by atoms with Crippen molar-refractivity contribution in [3.8, 4) is 0 Å². The Balaban J connectivity index is 4.80. The third kappa shape index (κ3) is 5.28. The first-order valence-corrected chi connectivity index (χ1v) is 6.66. The van der Waals surface area contributed by atoms with Crippen molar-refractivity contribution in [3.05, 3.63) is 0 Å². The Labute approximate surface area is 118 Å². The van der Waals surface area contributed by atoms with Crippen LogP contribution in [-0.4, -0.2) is 64.8 Å². The molecule has 0 aromatic carbocycles. The first-order valence-electron chi connectivity index (χ1n) is 6.66. The number of carbonyl (C=O) groups excluding carboxylic acids is 1. The van der Waals surface area contributed by atoms with Crippen molar-refractivity contribution in [2.75, 3.05) is 13.6 Å². The van der Waals surface area contributed by atoms with Crippen molar-refractivity contribution in [3.63, 3.8) is 0 Å². The number of alkyl halides is 3. The minimum atomic E-state index is -4.67. The highest BCUT2D eigenvalue weighted by atomic mass is 19.4. The van der Waals surface area contributed by atoms with Crippen molar-refractivity contribution in [2.24, 2.45) is 0 Å². The van der Waals surface area contributed by atoms with Gasteiger partial charge in [-0.1, -0.05) is 0 Å². The summed E-state index contributed by atoms with van der Waals surface area (Å²) in [6.45, 7) is 8.35. The molecule has 0 aliphatic carbocycles. The Bertz CT molecular complexity index is 311. The lowest BCUT2D eigenvalue weighted by molar-refractivity contribution is -0.208. The molecule has 0 aromatic rings. The summed E-state index contributed by atoms with van der Waals surface area (Å²) in [6, 6.07) is -0.798. The van der Waals surface area contributed by atoms with Crippen molar-refractivity contribution >= 4 is 5.91 Å². The number of rotatable bonds is 6. The number of hydrogen-bond acceptors (Lipinski definition) is 3. The van der Waals surface area contributed by atoms with Gasteiger partial charge in [-0.05, 0) is 41.7 Å². The van der Waals surface area contributed by atoms with Crippen molar-refractivity contribution in [1.29, 1.82) is 0 Å². The molecule has 0 fully saturated rings. The minimum absolute atomic E-state index is 0.0362. The summed E-state index contributed by atoms with van der Waals surface area (Å²) in [7, 11) is 1.40. The second kappa shape index (κ2) is 7.26. The standard InChI is InChI=1S/C13H25F3N2O2/c1-8(2)18(9(3)4)12(20)10(5)17(6)7-11(19)13(14,15)16/h8-11,19H,7H2,1-6H3. The molecule has 2 atom stereocenters. The van der Waals surface area contributed by atoms with Crippen LogP contribution in [0.15, 0.2) is 0 Å². The highest BCUT2D eigenvalue weighted by molar-refractivity contribution is 5.82. The number of aliphatic hydroxyl groups is 1. The minimum Gasteiger partial charge on any atom is -0.382 e. The Morgan fingerprint density at radius 3 is 1.80 bits per heavy atom.